The summed E-state index contributed by atoms with van der Waals surface area (Å²) in [7, 11) is 0. The van der Waals surface area contributed by atoms with E-state index in [0.717, 1.165) is 24.7 Å². The smallest absolute Gasteiger partial charge is 0.225 e. The van der Waals surface area contributed by atoms with Crippen LogP contribution in [0.4, 0.5) is 0 Å². The third kappa shape index (κ3) is 6.41. The van der Waals surface area contributed by atoms with Crippen LogP contribution < -0.4 is 5.32 Å². The minimum atomic E-state index is -0.263. The third-order valence-corrected chi connectivity index (χ3v) is 3.21. The zero-order valence-electron chi connectivity index (χ0n) is 9.69. The van der Waals surface area contributed by atoms with Crippen LogP contribution in [0.1, 0.15) is 40.5 Å². The molecule has 0 rings (SSSR count). The topological polar surface area (TPSA) is 29.1 Å². The molecule has 1 amide bonds. The van der Waals surface area contributed by atoms with Crippen molar-refractivity contribution in [3.63, 3.8) is 0 Å². The molecule has 0 fully saturated rings. The van der Waals surface area contributed by atoms with Gasteiger partial charge in [-0.25, -0.2) is 0 Å². The molecule has 14 heavy (non-hydrogen) atoms. The van der Waals surface area contributed by atoms with E-state index in [1.54, 1.807) is 0 Å². The van der Waals surface area contributed by atoms with Crippen LogP contribution in [0.15, 0.2) is 0 Å². The van der Waals surface area contributed by atoms with Crippen LogP contribution in [0.5, 0.6) is 0 Å². The highest BCUT2D eigenvalue weighted by Gasteiger charge is 2.20. The molecule has 0 aliphatic rings. The number of halogens is 1. The Bertz CT molecular complexity index is 175. The van der Waals surface area contributed by atoms with Gasteiger partial charge in [0.15, 0.2) is 0 Å². The molecule has 0 bridgehead atoms. The Hall–Kier alpha value is -0.0500. The molecular weight excluding hydrogens is 242 g/mol. The van der Waals surface area contributed by atoms with Crippen molar-refractivity contribution in [3.8, 4) is 0 Å². The summed E-state index contributed by atoms with van der Waals surface area (Å²) in [5.74, 6) is 0.838. The van der Waals surface area contributed by atoms with E-state index >= 15 is 0 Å². The van der Waals surface area contributed by atoms with E-state index in [-0.39, 0.29) is 11.3 Å². The molecule has 2 nitrogen and oxygen atoms in total. The number of carbonyl (C=O) groups is 1. The summed E-state index contributed by atoms with van der Waals surface area (Å²) in [6, 6.07) is 0. The molecule has 0 saturated heterocycles. The van der Waals surface area contributed by atoms with Crippen LogP contribution in [0.2, 0.25) is 0 Å². The molecule has 84 valence electrons. The van der Waals surface area contributed by atoms with Crippen molar-refractivity contribution in [2.24, 2.45) is 11.3 Å². The van der Waals surface area contributed by atoms with Gasteiger partial charge >= 0.3 is 0 Å². The van der Waals surface area contributed by atoms with Gasteiger partial charge in [0.25, 0.3) is 0 Å². The Morgan fingerprint density at radius 1 is 1.43 bits per heavy atom. The van der Waals surface area contributed by atoms with E-state index in [1.807, 2.05) is 20.8 Å². The number of amides is 1. The predicted octanol–water partition coefficient (Wildman–Crippen LogP) is 2.96. The largest absolute Gasteiger partial charge is 0.356 e. The van der Waals surface area contributed by atoms with E-state index in [2.05, 4.69) is 28.2 Å². The molecule has 1 unspecified atom stereocenters. The highest BCUT2D eigenvalue weighted by molar-refractivity contribution is 9.09. The van der Waals surface area contributed by atoms with Crippen LogP contribution in [-0.2, 0) is 4.79 Å². The number of carbonyl (C=O) groups excluding carboxylic acids is 1. The molecule has 3 heteroatoms. The fourth-order valence-electron chi connectivity index (χ4n) is 0.995. The molecule has 0 radical (unpaired) electrons. The summed E-state index contributed by atoms with van der Waals surface area (Å²) >= 11 is 3.44. The molecule has 0 aromatic rings. The maximum atomic E-state index is 11.5. The second-order valence-electron chi connectivity index (χ2n) is 4.91. The first-order valence-corrected chi connectivity index (χ1v) is 6.34. The first kappa shape index (κ1) is 13.9. The van der Waals surface area contributed by atoms with E-state index in [0.29, 0.717) is 5.92 Å². The Morgan fingerprint density at radius 2 is 2.00 bits per heavy atom. The molecule has 0 saturated carbocycles. The molecule has 0 aromatic carbocycles. The van der Waals surface area contributed by atoms with E-state index in [1.165, 1.54) is 0 Å². The van der Waals surface area contributed by atoms with E-state index in [9.17, 15) is 4.79 Å². The van der Waals surface area contributed by atoms with Crippen LogP contribution in [0.3, 0.4) is 0 Å². The second kappa shape index (κ2) is 6.44. The van der Waals surface area contributed by atoms with E-state index in [4.69, 9.17) is 0 Å². The number of hydrogen-bond acceptors (Lipinski definition) is 1. The number of hydrogen-bond donors (Lipinski definition) is 1. The van der Waals surface area contributed by atoms with Gasteiger partial charge in [-0.15, -0.1) is 0 Å². The summed E-state index contributed by atoms with van der Waals surface area (Å²) in [6.07, 6.45) is 2.23. The fourth-order valence-corrected chi connectivity index (χ4v) is 1.32. The average molecular weight is 264 g/mol. The molecule has 0 heterocycles. The van der Waals surface area contributed by atoms with Gasteiger partial charge in [-0.2, -0.15) is 0 Å². The maximum Gasteiger partial charge on any atom is 0.225 e. The lowest BCUT2D eigenvalue weighted by atomic mass is 9.95. The van der Waals surface area contributed by atoms with Crippen LogP contribution in [-0.4, -0.2) is 17.8 Å². The zero-order valence-corrected chi connectivity index (χ0v) is 11.3. The normalized spacial score (nSPS) is 13.8. The van der Waals surface area contributed by atoms with Gasteiger partial charge < -0.3 is 5.32 Å². The van der Waals surface area contributed by atoms with Crippen LogP contribution >= 0.6 is 15.9 Å². The average Bonchev–Trinajstić information content (AvgIpc) is 2.09. The van der Waals surface area contributed by atoms with Crippen LogP contribution in [0.25, 0.3) is 0 Å². The van der Waals surface area contributed by atoms with Gasteiger partial charge in [0.1, 0.15) is 0 Å². The molecule has 1 N–H and O–H groups in total. The van der Waals surface area contributed by atoms with E-state index < -0.39 is 0 Å². The highest BCUT2D eigenvalue weighted by atomic mass is 79.9. The highest BCUT2D eigenvalue weighted by Crippen LogP contribution is 2.12. The van der Waals surface area contributed by atoms with Gasteiger partial charge in [-0.05, 0) is 18.8 Å². The predicted molar refractivity (Wildman–Crippen MR) is 64.7 cm³/mol. The van der Waals surface area contributed by atoms with Crippen molar-refractivity contribution < 1.29 is 4.79 Å². The standard InChI is InChI=1S/C11H22BrNO/c1-9(8-12)6-5-7-13-10(14)11(2,3)4/h9H,5-8H2,1-4H3,(H,13,14). The summed E-state index contributed by atoms with van der Waals surface area (Å²) < 4.78 is 0. The Kier molecular flexibility index (Phi) is 6.41. The molecule has 0 aliphatic carbocycles. The van der Waals surface area contributed by atoms with Gasteiger partial charge in [-0.3, -0.25) is 4.79 Å². The minimum Gasteiger partial charge on any atom is -0.356 e. The van der Waals surface area contributed by atoms with Crippen molar-refractivity contribution in [1.82, 2.24) is 5.32 Å². The lowest BCUT2D eigenvalue weighted by Crippen LogP contribution is -2.35. The molecular formula is C11H22BrNO. The Balaban J connectivity index is 3.51. The quantitative estimate of drug-likeness (QED) is 0.600. The van der Waals surface area contributed by atoms with Crippen molar-refractivity contribution in [1.29, 1.82) is 0 Å². The number of nitrogens with one attached hydrogen (secondary N) is 1. The van der Waals surface area contributed by atoms with Crippen molar-refractivity contribution in [2.75, 3.05) is 11.9 Å². The second-order valence-corrected chi connectivity index (χ2v) is 5.56. The van der Waals surface area contributed by atoms with Gasteiger partial charge in [0, 0.05) is 17.3 Å². The monoisotopic (exact) mass is 263 g/mol. The zero-order chi connectivity index (χ0) is 11.2. The van der Waals surface area contributed by atoms with Gasteiger partial charge in [0.05, 0.1) is 0 Å². The summed E-state index contributed by atoms with van der Waals surface area (Å²) in [5, 5.41) is 3.99. The molecule has 1 atom stereocenters. The summed E-state index contributed by atoms with van der Waals surface area (Å²) in [4.78, 5) is 11.5. The molecule has 0 aromatic heterocycles. The van der Waals surface area contributed by atoms with Crippen LogP contribution in [0, 0.1) is 11.3 Å². The summed E-state index contributed by atoms with van der Waals surface area (Å²) in [6.45, 7) is 8.81. The Labute approximate surface area is 96.0 Å². The number of rotatable bonds is 5. The number of alkyl halides is 1. The van der Waals surface area contributed by atoms with Crippen molar-refractivity contribution >= 4 is 21.8 Å². The van der Waals surface area contributed by atoms with Crippen molar-refractivity contribution in [2.45, 2.75) is 40.5 Å². The maximum absolute atomic E-state index is 11.5. The lowest BCUT2D eigenvalue weighted by Gasteiger charge is -2.17. The fraction of sp³-hybridized carbons (Fsp3) is 0.909. The minimum absolute atomic E-state index is 0.143. The Morgan fingerprint density at radius 3 is 2.43 bits per heavy atom. The molecule has 0 spiro atoms. The van der Waals surface area contributed by atoms with Gasteiger partial charge in [0.2, 0.25) is 5.91 Å². The first-order chi connectivity index (χ1) is 6.38. The SMILES string of the molecule is CC(CBr)CCCNC(=O)C(C)(C)C. The van der Waals surface area contributed by atoms with Gasteiger partial charge in [-0.1, -0.05) is 43.6 Å². The third-order valence-electron chi connectivity index (χ3n) is 2.10. The molecule has 0 aliphatic heterocycles. The van der Waals surface area contributed by atoms with Crippen molar-refractivity contribution in [3.05, 3.63) is 0 Å². The lowest BCUT2D eigenvalue weighted by molar-refractivity contribution is -0.128. The summed E-state index contributed by atoms with van der Waals surface area (Å²) in [5.41, 5.74) is -0.263. The first-order valence-electron chi connectivity index (χ1n) is 5.22.